The summed E-state index contributed by atoms with van der Waals surface area (Å²) in [6, 6.07) is 3.24. The van der Waals surface area contributed by atoms with Gasteiger partial charge in [-0.2, -0.15) is 4.72 Å². The fourth-order valence-corrected chi connectivity index (χ4v) is 5.17. The minimum Gasteiger partial charge on any atom is -0.409 e. The van der Waals surface area contributed by atoms with Crippen LogP contribution in [-0.4, -0.2) is 25.0 Å². The SMILES string of the molecule is N/C(=N/O)C1(NS(=O)(=O)c2cccs2)CCCCCCC1. The molecule has 0 aromatic carbocycles. The summed E-state index contributed by atoms with van der Waals surface area (Å²) < 4.78 is 27.9. The highest BCUT2D eigenvalue weighted by molar-refractivity contribution is 7.91. The van der Waals surface area contributed by atoms with Crippen LogP contribution in [0, 0.1) is 0 Å². The summed E-state index contributed by atoms with van der Waals surface area (Å²) in [5.41, 5.74) is 4.85. The molecule has 1 aliphatic carbocycles. The Balaban J connectivity index is 2.32. The highest BCUT2D eigenvalue weighted by Crippen LogP contribution is 2.29. The lowest BCUT2D eigenvalue weighted by molar-refractivity contribution is 0.299. The molecule has 0 atom stereocenters. The van der Waals surface area contributed by atoms with Gasteiger partial charge in [-0.1, -0.05) is 43.3 Å². The van der Waals surface area contributed by atoms with Gasteiger partial charge in [-0.15, -0.1) is 11.3 Å². The normalized spacial score (nSPS) is 20.7. The largest absolute Gasteiger partial charge is 0.409 e. The fraction of sp³-hybridized carbons (Fsp3) is 0.615. The van der Waals surface area contributed by atoms with E-state index in [4.69, 9.17) is 10.9 Å². The highest BCUT2D eigenvalue weighted by Gasteiger charge is 2.39. The van der Waals surface area contributed by atoms with Crippen LogP contribution in [0.15, 0.2) is 26.9 Å². The molecule has 0 spiro atoms. The van der Waals surface area contributed by atoms with Crippen molar-refractivity contribution in [1.82, 2.24) is 4.72 Å². The third kappa shape index (κ3) is 3.75. The van der Waals surface area contributed by atoms with E-state index in [9.17, 15) is 8.42 Å². The molecule has 0 amide bonds. The van der Waals surface area contributed by atoms with Crippen molar-refractivity contribution < 1.29 is 13.6 Å². The molecule has 21 heavy (non-hydrogen) atoms. The van der Waals surface area contributed by atoms with Crippen LogP contribution < -0.4 is 10.5 Å². The monoisotopic (exact) mass is 331 g/mol. The van der Waals surface area contributed by atoms with E-state index < -0.39 is 15.6 Å². The third-order valence-corrected chi connectivity index (χ3v) is 6.83. The van der Waals surface area contributed by atoms with Gasteiger partial charge in [0, 0.05) is 0 Å². The summed E-state index contributed by atoms with van der Waals surface area (Å²) in [6.45, 7) is 0. The van der Waals surface area contributed by atoms with Gasteiger partial charge >= 0.3 is 0 Å². The molecular weight excluding hydrogens is 310 g/mol. The summed E-state index contributed by atoms with van der Waals surface area (Å²) in [5, 5.41) is 13.9. The third-order valence-electron chi connectivity index (χ3n) is 3.89. The standard InChI is InChI=1S/C13H21N3O3S2/c14-12(15-17)13(8-4-2-1-3-5-9-13)16-21(18,19)11-7-6-10-20-11/h6-7,10,16-17H,1-5,8-9H2,(H2,14,15). The first kappa shape index (κ1) is 16.3. The number of thiophene rings is 1. The number of nitrogens with two attached hydrogens (primary N) is 1. The lowest BCUT2D eigenvalue weighted by atomic mass is 9.84. The van der Waals surface area contributed by atoms with Gasteiger partial charge in [-0.25, -0.2) is 8.42 Å². The second kappa shape index (κ2) is 6.76. The van der Waals surface area contributed by atoms with Gasteiger partial charge in [0.1, 0.15) is 4.21 Å². The number of amidine groups is 1. The average Bonchev–Trinajstić information content (AvgIpc) is 2.96. The summed E-state index contributed by atoms with van der Waals surface area (Å²) in [5.74, 6) is -0.0514. The van der Waals surface area contributed by atoms with E-state index in [1.807, 2.05) is 0 Å². The predicted octanol–water partition coefficient (Wildman–Crippen LogP) is 2.26. The maximum absolute atomic E-state index is 12.5. The van der Waals surface area contributed by atoms with Gasteiger partial charge in [0.2, 0.25) is 0 Å². The number of oxime groups is 1. The molecule has 0 unspecified atom stereocenters. The van der Waals surface area contributed by atoms with Gasteiger partial charge in [-0.3, -0.25) is 0 Å². The Morgan fingerprint density at radius 1 is 1.29 bits per heavy atom. The zero-order valence-corrected chi connectivity index (χ0v) is 13.4. The van der Waals surface area contributed by atoms with Crippen LogP contribution in [-0.2, 0) is 10.0 Å². The lowest BCUT2D eigenvalue weighted by Gasteiger charge is -2.34. The molecule has 1 aromatic heterocycles. The second-order valence-corrected chi connectivity index (χ2v) is 8.23. The van der Waals surface area contributed by atoms with Gasteiger partial charge in [0.05, 0.1) is 5.54 Å². The lowest BCUT2D eigenvalue weighted by Crippen LogP contribution is -2.57. The van der Waals surface area contributed by atoms with Crippen molar-refractivity contribution in [1.29, 1.82) is 0 Å². The first-order valence-electron chi connectivity index (χ1n) is 7.06. The number of hydrogen-bond acceptors (Lipinski definition) is 5. The van der Waals surface area contributed by atoms with Crippen LogP contribution in [0.25, 0.3) is 0 Å². The summed E-state index contributed by atoms with van der Waals surface area (Å²) in [7, 11) is -3.66. The van der Waals surface area contributed by atoms with Crippen LogP contribution >= 0.6 is 11.3 Å². The van der Waals surface area contributed by atoms with E-state index >= 15 is 0 Å². The van der Waals surface area contributed by atoms with Gasteiger partial charge < -0.3 is 10.9 Å². The van der Waals surface area contributed by atoms with Crippen LogP contribution in [0.3, 0.4) is 0 Å². The van der Waals surface area contributed by atoms with E-state index in [2.05, 4.69) is 9.88 Å². The van der Waals surface area contributed by atoms with E-state index in [1.54, 1.807) is 17.5 Å². The molecule has 8 heteroatoms. The smallest absolute Gasteiger partial charge is 0.250 e. The van der Waals surface area contributed by atoms with Crippen molar-refractivity contribution in [3.05, 3.63) is 17.5 Å². The Morgan fingerprint density at radius 2 is 1.90 bits per heavy atom. The van der Waals surface area contributed by atoms with Gasteiger partial charge in [0.15, 0.2) is 5.84 Å². The second-order valence-electron chi connectivity index (χ2n) is 5.37. The van der Waals surface area contributed by atoms with Crippen molar-refractivity contribution >= 4 is 27.2 Å². The van der Waals surface area contributed by atoms with Crippen molar-refractivity contribution in [3.8, 4) is 0 Å². The molecule has 2 rings (SSSR count). The zero-order chi connectivity index (χ0) is 15.3. The Hall–Kier alpha value is -1.12. The Kier molecular flexibility index (Phi) is 5.23. The number of rotatable bonds is 4. The van der Waals surface area contributed by atoms with Crippen molar-refractivity contribution in [2.24, 2.45) is 10.9 Å². The highest BCUT2D eigenvalue weighted by atomic mass is 32.2. The Morgan fingerprint density at radius 3 is 2.43 bits per heavy atom. The van der Waals surface area contributed by atoms with Crippen molar-refractivity contribution in [3.63, 3.8) is 0 Å². The Labute approximate surface area is 129 Å². The fourth-order valence-electron chi connectivity index (χ4n) is 2.74. The first-order chi connectivity index (χ1) is 10.0. The Bertz CT molecular complexity index is 574. The van der Waals surface area contributed by atoms with Crippen LogP contribution in [0.1, 0.15) is 44.9 Å². The quantitative estimate of drug-likeness (QED) is 0.340. The molecule has 1 aliphatic rings. The number of nitrogens with zero attached hydrogens (tertiary/aromatic N) is 1. The van der Waals surface area contributed by atoms with Gasteiger partial charge in [0.25, 0.3) is 10.0 Å². The summed E-state index contributed by atoms with van der Waals surface area (Å²) in [4.78, 5) is 0. The minimum atomic E-state index is -3.66. The molecule has 4 N–H and O–H groups in total. The summed E-state index contributed by atoms with van der Waals surface area (Å²) in [6.07, 6.45) is 6.00. The van der Waals surface area contributed by atoms with E-state index in [0.29, 0.717) is 12.8 Å². The molecule has 0 radical (unpaired) electrons. The first-order valence-corrected chi connectivity index (χ1v) is 9.42. The van der Waals surface area contributed by atoms with E-state index in [0.717, 1.165) is 43.4 Å². The number of hydrogen-bond donors (Lipinski definition) is 3. The molecule has 0 aliphatic heterocycles. The maximum Gasteiger partial charge on any atom is 0.250 e. The molecular formula is C13H21N3O3S2. The maximum atomic E-state index is 12.5. The molecule has 6 nitrogen and oxygen atoms in total. The van der Waals surface area contributed by atoms with E-state index in [-0.39, 0.29) is 10.0 Å². The molecule has 1 aromatic rings. The molecule has 1 heterocycles. The van der Waals surface area contributed by atoms with Crippen LogP contribution in [0.2, 0.25) is 0 Å². The van der Waals surface area contributed by atoms with Crippen molar-refractivity contribution in [2.75, 3.05) is 0 Å². The van der Waals surface area contributed by atoms with Crippen LogP contribution in [0.5, 0.6) is 0 Å². The predicted molar refractivity (Wildman–Crippen MR) is 83.1 cm³/mol. The van der Waals surface area contributed by atoms with E-state index in [1.165, 1.54) is 0 Å². The van der Waals surface area contributed by atoms with Crippen molar-refractivity contribution in [2.45, 2.75) is 54.7 Å². The van der Waals surface area contributed by atoms with Crippen LogP contribution in [0.4, 0.5) is 0 Å². The number of nitrogens with one attached hydrogen (secondary N) is 1. The molecule has 1 saturated carbocycles. The number of sulfonamides is 1. The summed E-state index contributed by atoms with van der Waals surface area (Å²) >= 11 is 1.15. The molecule has 1 fully saturated rings. The topological polar surface area (TPSA) is 105 Å². The minimum absolute atomic E-state index is 0.0514. The molecule has 0 saturated heterocycles. The molecule has 118 valence electrons. The average molecular weight is 331 g/mol. The van der Waals surface area contributed by atoms with Gasteiger partial charge in [-0.05, 0) is 24.3 Å². The zero-order valence-electron chi connectivity index (χ0n) is 11.8. The molecule has 0 bridgehead atoms.